The normalized spacial score (nSPS) is 11.6. The van der Waals surface area contributed by atoms with Gasteiger partial charge < -0.3 is 25.4 Å². The highest BCUT2D eigenvalue weighted by Gasteiger charge is 2.15. The number of rotatable bonds is 5. The summed E-state index contributed by atoms with van der Waals surface area (Å²) < 4.78 is 10.6. The number of pyridine rings is 1. The second-order valence-corrected chi connectivity index (χ2v) is 6.37. The molecule has 0 bridgehead atoms. The Bertz CT molecular complexity index is 1080. The topological polar surface area (TPSA) is 102 Å². The number of nitrogens with one attached hydrogen (secondary N) is 3. The minimum absolute atomic E-state index is 0.147. The number of amides is 2. The highest BCUT2D eigenvalue weighted by molar-refractivity contribution is 6.04. The molecule has 2 amide bonds. The lowest BCUT2D eigenvalue weighted by molar-refractivity contribution is -0.114. The van der Waals surface area contributed by atoms with E-state index in [1.54, 1.807) is 42.6 Å². The average Bonchev–Trinajstić information content (AvgIpc) is 3.16. The van der Waals surface area contributed by atoms with Gasteiger partial charge in [-0.1, -0.05) is 6.07 Å². The molecule has 0 saturated carbocycles. The second kappa shape index (κ2) is 7.89. The Labute approximate surface area is 166 Å². The van der Waals surface area contributed by atoms with Gasteiger partial charge in [0.2, 0.25) is 12.7 Å². The summed E-state index contributed by atoms with van der Waals surface area (Å²) in [7, 11) is 0. The smallest absolute Gasteiger partial charge is 0.257 e. The molecule has 0 saturated heterocycles. The fourth-order valence-electron chi connectivity index (χ4n) is 2.85. The first-order valence-electron chi connectivity index (χ1n) is 8.87. The first-order valence-corrected chi connectivity index (χ1v) is 8.87. The zero-order valence-electron chi connectivity index (χ0n) is 15.6. The van der Waals surface area contributed by atoms with Gasteiger partial charge in [-0.3, -0.25) is 14.6 Å². The molecule has 8 nitrogen and oxygen atoms in total. The minimum atomic E-state index is -0.299. The van der Waals surface area contributed by atoms with Crippen molar-refractivity contribution in [1.82, 2.24) is 4.98 Å². The van der Waals surface area contributed by atoms with E-state index in [4.69, 9.17) is 9.47 Å². The molecule has 0 atom stereocenters. The highest BCUT2D eigenvalue weighted by atomic mass is 16.7. The Morgan fingerprint density at radius 3 is 2.52 bits per heavy atom. The number of fused-ring (bicyclic) bond motifs is 1. The SMILES string of the molecule is CC(=O)Nc1cccc(Nc2cncc(C(=O)Nc3ccc4c(c3)OCO4)c2)c1. The molecule has 0 spiro atoms. The van der Waals surface area contributed by atoms with Crippen LogP contribution in [0.25, 0.3) is 0 Å². The largest absolute Gasteiger partial charge is 0.454 e. The molecule has 1 aliphatic rings. The molecule has 3 N–H and O–H groups in total. The van der Waals surface area contributed by atoms with Crippen molar-refractivity contribution in [3.05, 3.63) is 66.5 Å². The summed E-state index contributed by atoms with van der Waals surface area (Å²) in [6, 6.07) is 14.1. The number of hydrogen-bond acceptors (Lipinski definition) is 6. The Balaban J connectivity index is 1.47. The Hall–Kier alpha value is -4.07. The maximum atomic E-state index is 12.6. The number of nitrogens with zero attached hydrogens (tertiary/aromatic N) is 1. The summed E-state index contributed by atoms with van der Waals surface area (Å²) in [5, 5.41) is 8.73. The van der Waals surface area contributed by atoms with Crippen molar-refractivity contribution in [2.75, 3.05) is 22.7 Å². The van der Waals surface area contributed by atoms with E-state index in [1.807, 2.05) is 12.1 Å². The van der Waals surface area contributed by atoms with Crippen LogP contribution in [0, 0.1) is 0 Å². The van der Waals surface area contributed by atoms with Gasteiger partial charge in [0.25, 0.3) is 5.91 Å². The predicted octanol–water partition coefficient (Wildman–Crippen LogP) is 3.76. The van der Waals surface area contributed by atoms with E-state index in [1.165, 1.54) is 13.1 Å². The maximum absolute atomic E-state index is 12.6. The molecule has 2 aromatic carbocycles. The summed E-state index contributed by atoms with van der Waals surface area (Å²) in [4.78, 5) is 27.9. The van der Waals surface area contributed by atoms with Crippen LogP contribution in [0.15, 0.2) is 60.9 Å². The van der Waals surface area contributed by atoms with Gasteiger partial charge in [-0.2, -0.15) is 0 Å². The van der Waals surface area contributed by atoms with Crippen molar-refractivity contribution in [2.24, 2.45) is 0 Å². The van der Waals surface area contributed by atoms with E-state index in [0.29, 0.717) is 34.1 Å². The van der Waals surface area contributed by atoms with Crippen molar-refractivity contribution in [2.45, 2.75) is 6.92 Å². The zero-order valence-corrected chi connectivity index (χ0v) is 15.6. The molecule has 0 fully saturated rings. The van der Waals surface area contributed by atoms with Crippen molar-refractivity contribution < 1.29 is 19.1 Å². The number of benzene rings is 2. The van der Waals surface area contributed by atoms with Crippen molar-refractivity contribution in [3.63, 3.8) is 0 Å². The summed E-state index contributed by atoms with van der Waals surface area (Å²) in [6.45, 7) is 1.62. The van der Waals surface area contributed by atoms with Crippen LogP contribution in [0.5, 0.6) is 11.5 Å². The van der Waals surface area contributed by atoms with E-state index in [-0.39, 0.29) is 18.6 Å². The van der Waals surface area contributed by atoms with Crippen LogP contribution >= 0.6 is 0 Å². The fourth-order valence-corrected chi connectivity index (χ4v) is 2.85. The number of carbonyl (C=O) groups excluding carboxylic acids is 2. The monoisotopic (exact) mass is 390 g/mol. The van der Waals surface area contributed by atoms with E-state index < -0.39 is 0 Å². The van der Waals surface area contributed by atoms with Crippen LogP contribution in [0.2, 0.25) is 0 Å². The van der Waals surface area contributed by atoms with Gasteiger partial charge in [0.15, 0.2) is 11.5 Å². The van der Waals surface area contributed by atoms with Crippen molar-refractivity contribution in [1.29, 1.82) is 0 Å². The van der Waals surface area contributed by atoms with E-state index in [0.717, 1.165) is 5.69 Å². The van der Waals surface area contributed by atoms with Crippen LogP contribution in [0.4, 0.5) is 22.7 Å². The molecule has 8 heteroatoms. The van der Waals surface area contributed by atoms with Gasteiger partial charge in [-0.25, -0.2) is 0 Å². The van der Waals surface area contributed by atoms with Crippen molar-refractivity contribution >= 4 is 34.6 Å². The third kappa shape index (κ3) is 4.44. The van der Waals surface area contributed by atoms with Crippen LogP contribution in [0.1, 0.15) is 17.3 Å². The number of hydrogen-bond donors (Lipinski definition) is 3. The minimum Gasteiger partial charge on any atom is -0.454 e. The molecule has 146 valence electrons. The molecule has 1 aliphatic heterocycles. The Morgan fingerprint density at radius 2 is 1.66 bits per heavy atom. The summed E-state index contributed by atoms with van der Waals surface area (Å²) in [5.41, 5.74) is 3.06. The molecule has 0 unspecified atom stereocenters. The highest BCUT2D eigenvalue weighted by Crippen LogP contribution is 2.34. The standard InChI is InChI=1S/C21H18N4O4/c1-13(26)23-15-3-2-4-16(8-15)24-18-7-14(10-22-11-18)21(27)25-17-5-6-19-20(9-17)29-12-28-19/h2-11,24H,12H2,1H3,(H,23,26)(H,25,27). The van der Waals surface area contributed by atoms with Crippen molar-refractivity contribution in [3.8, 4) is 11.5 Å². The van der Waals surface area contributed by atoms with Crippen LogP contribution in [0.3, 0.4) is 0 Å². The Morgan fingerprint density at radius 1 is 0.862 bits per heavy atom. The molecule has 0 radical (unpaired) electrons. The van der Waals surface area contributed by atoms with Crippen LogP contribution in [-0.4, -0.2) is 23.6 Å². The first-order chi connectivity index (χ1) is 14.1. The lowest BCUT2D eigenvalue weighted by Crippen LogP contribution is -2.12. The average molecular weight is 390 g/mol. The third-order valence-electron chi connectivity index (χ3n) is 4.10. The summed E-state index contributed by atoms with van der Waals surface area (Å²) >= 11 is 0. The number of aromatic nitrogens is 1. The van der Waals surface area contributed by atoms with E-state index in [2.05, 4.69) is 20.9 Å². The molecule has 1 aromatic heterocycles. The number of carbonyl (C=O) groups is 2. The number of ether oxygens (including phenoxy) is 2. The van der Waals surface area contributed by atoms with Gasteiger partial charge in [0.05, 0.1) is 17.4 Å². The zero-order chi connectivity index (χ0) is 20.2. The quantitative estimate of drug-likeness (QED) is 0.613. The van der Waals surface area contributed by atoms with Gasteiger partial charge in [-0.15, -0.1) is 0 Å². The molecule has 3 aromatic rings. The van der Waals surface area contributed by atoms with E-state index in [9.17, 15) is 9.59 Å². The first kappa shape index (κ1) is 18.3. The predicted molar refractivity (Wildman–Crippen MR) is 109 cm³/mol. The fraction of sp³-hybridized carbons (Fsp3) is 0.0952. The Kier molecular flexibility index (Phi) is 4.98. The molecular weight excluding hydrogens is 372 g/mol. The summed E-state index contributed by atoms with van der Waals surface area (Å²) in [5.74, 6) is 0.797. The molecule has 4 rings (SSSR count). The third-order valence-corrected chi connectivity index (χ3v) is 4.10. The van der Waals surface area contributed by atoms with Gasteiger partial charge in [0.1, 0.15) is 0 Å². The van der Waals surface area contributed by atoms with Crippen LogP contribution < -0.4 is 25.4 Å². The maximum Gasteiger partial charge on any atom is 0.257 e. The summed E-state index contributed by atoms with van der Waals surface area (Å²) in [6.07, 6.45) is 3.10. The van der Waals surface area contributed by atoms with Gasteiger partial charge in [0, 0.05) is 36.2 Å². The van der Waals surface area contributed by atoms with Gasteiger partial charge in [-0.05, 0) is 36.4 Å². The second-order valence-electron chi connectivity index (χ2n) is 6.37. The van der Waals surface area contributed by atoms with Gasteiger partial charge >= 0.3 is 0 Å². The lowest BCUT2D eigenvalue weighted by atomic mass is 10.2. The van der Waals surface area contributed by atoms with E-state index >= 15 is 0 Å². The molecule has 0 aliphatic carbocycles. The number of anilines is 4. The van der Waals surface area contributed by atoms with Crippen LogP contribution in [-0.2, 0) is 4.79 Å². The molecule has 2 heterocycles. The lowest BCUT2D eigenvalue weighted by Gasteiger charge is -2.10. The molecule has 29 heavy (non-hydrogen) atoms. The molecular formula is C21H18N4O4.